The van der Waals surface area contributed by atoms with Crippen LogP contribution in [0.3, 0.4) is 0 Å². The van der Waals surface area contributed by atoms with Crippen LogP contribution in [0.4, 0.5) is 0 Å². The second-order valence-corrected chi connectivity index (χ2v) is 3.23. The van der Waals surface area contributed by atoms with Crippen LogP contribution in [-0.2, 0) is 4.74 Å². The fraction of sp³-hybridized carbons (Fsp3) is 0.182. The van der Waals surface area contributed by atoms with Crippen LogP contribution in [0.15, 0.2) is 18.2 Å². The topological polar surface area (TPSA) is 121 Å². The summed E-state index contributed by atoms with van der Waals surface area (Å²) in [6.07, 6.45) is 0. The van der Waals surface area contributed by atoms with Crippen molar-refractivity contribution in [3.05, 3.63) is 34.9 Å². The predicted octanol–water partition coefficient (Wildman–Crippen LogP) is 0.232. The molecule has 0 fully saturated rings. The van der Waals surface area contributed by atoms with Gasteiger partial charge in [0.25, 0.3) is 0 Å². The monoisotopic (exact) mass is 254 g/mol. The fourth-order valence-electron chi connectivity index (χ4n) is 1.26. The highest BCUT2D eigenvalue weighted by atomic mass is 16.5. The number of aromatic carboxylic acids is 2. The molecule has 1 rings (SSSR count). The molecule has 1 aromatic rings. The molecule has 0 saturated heterocycles. The molecule has 0 aliphatic rings. The number of carbonyl (C=O) groups is 3. The van der Waals surface area contributed by atoms with E-state index in [9.17, 15) is 14.4 Å². The standard InChI is InChI=1S/C11H10O7/c12-3-4-18-11(17)6-1-2-7(9(13)14)8(5-6)10(15)16/h1-2,5,12H,3-4H2,(H,13,14)(H,15,16). The zero-order chi connectivity index (χ0) is 13.7. The summed E-state index contributed by atoms with van der Waals surface area (Å²) >= 11 is 0. The second kappa shape index (κ2) is 5.78. The number of hydrogen-bond donors (Lipinski definition) is 3. The van der Waals surface area contributed by atoms with Gasteiger partial charge in [0.15, 0.2) is 0 Å². The Balaban J connectivity index is 3.11. The van der Waals surface area contributed by atoms with E-state index in [0.717, 1.165) is 18.2 Å². The van der Waals surface area contributed by atoms with Crippen molar-refractivity contribution < 1.29 is 34.4 Å². The lowest BCUT2D eigenvalue weighted by Crippen LogP contribution is -2.13. The number of esters is 1. The first-order chi connectivity index (χ1) is 8.47. The van der Waals surface area contributed by atoms with Crippen molar-refractivity contribution in [1.82, 2.24) is 0 Å². The molecule has 7 heteroatoms. The molecule has 3 N–H and O–H groups in total. The highest BCUT2D eigenvalue weighted by Gasteiger charge is 2.18. The van der Waals surface area contributed by atoms with E-state index in [1.54, 1.807) is 0 Å². The molecule has 0 atom stereocenters. The SMILES string of the molecule is O=C(OCCO)c1ccc(C(=O)O)c(C(=O)O)c1. The summed E-state index contributed by atoms with van der Waals surface area (Å²) in [5, 5.41) is 26.1. The average Bonchev–Trinajstić information content (AvgIpc) is 2.34. The third-order valence-electron chi connectivity index (χ3n) is 2.04. The molecule has 0 aliphatic carbocycles. The van der Waals surface area contributed by atoms with Gasteiger partial charge in [-0.1, -0.05) is 0 Å². The summed E-state index contributed by atoms with van der Waals surface area (Å²) in [5.41, 5.74) is -1.01. The van der Waals surface area contributed by atoms with Crippen LogP contribution in [0, 0.1) is 0 Å². The maximum absolute atomic E-state index is 11.4. The van der Waals surface area contributed by atoms with E-state index in [-0.39, 0.29) is 18.8 Å². The summed E-state index contributed by atoms with van der Waals surface area (Å²) in [5.74, 6) is -3.68. The van der Waals surface area contributed by atoms with Crippen molar-refractivity contribution in [1.29, 1.82) is 0 Å². The Morgan fingerprint density at radius 1 is 1.06 bits per heavy atom. The molecule has 0 aromatic heterocycles. The summed E-state index contributed by atoms with van der Waals surface area (Å²) < 4.78 is 4.58. The van der Waals surface area contributed by atoms with Gasteiger partial charge in [0.2, 0.25) is 0 Å². The fourth-order valence-corrected chi connectivity index (χ4v) is 1.26. The molecule has 18 heavy (non-hydrogen) atoms. The molecule has 7 nitrogen and oxygen atoms in total. The lowest BCUT2D eigenvalue weighted by Gasteiger charge is -2.05. The molecule has 96 valence electrons. The van der Waals surface area contributed by atoms with E-state index >= 15 is 0 Å². The quantitative estimate of drug-likeness (QED) is 0.643. The zero-order valence-corrected chi connectivity index (χ0v) is 9.12. The molecule has 0 heterocycles. The number of carboxylic acids is 2. The Bertz CT molecular complexity index is 492. The Labute approximate surface area is 101 Å². The molecule has 0 aliphatic heterocycles. The third kappa shape index (κ3) is 3.05. The van der Waals surface area contributed by atoms with Crippen LogP contribution in [0.2, 0.25) is 0 Å². The number of aliphatic hydroxyl groups excluding tert-OH is 1. The van der Waals surface area contributed by atoms with E-state index in [1.807, 2.05) is 0 Å². The number of rotatable bonds is 5. The van der Waals surface area contributed by atoms with Crippen LogP contribution < -0.4 is 0 Å². The van der Waals surface area contributed by atoms with Gasteiger partial charge >= 0.3 is 17.9 Å². The number of carbonyl (C=O) groups excluding carboxylic acids is 1. The van der Waals surface area contributed by atoms with Crippen molar-refractivity contribution in [2.24, 2.45) is 0 Å². The lowest BCUT2D eigenvalue weighted by molar-refractivity contribution is 0.0433. The van der Waals surface area contributed by atoms with Gasteiger partial charge in [-0.15, -0.1) is 0 Å². The van der Waals surface area contributed by atoms with Crippen molar-refractivity contribution >= 4 is 17.9 Å². The molecular formula is C11H10O7. The van der Waals surface area contributed by atoms with Crippen molar-refractivity contribution in [2.75, 3.05) is 13.2 Å². The van der Waals surface area contributed by atoms with Crippen LogP contribution in [0.1, 0.15) is 31.1 Å². The first kappa shape index (κ1) is 13.7. The molecule has 1 aromatic carbocycles. The maximum atomic E-state index is 11.4. The van der Waals surface area contributed by atoms with Crippen molar-refractivity contribution in [3.8, 4) is 0 Å². The Kier molecular flexibility index (Phi) is 4.39. The molecule has 0 amide bonds. The summed E-state index contributed by atoms with van der Waals surface area (Å²) in [7, 11) is 0. The summed E-state index contributed by atoms with van der Waals surface area (Å²) in [6.45, 7) is -0.577. The minimum atomic E-state index is -1.45. The predicted molar refractivity (Wildman–Crippen MR) is 57.7 cm³/mol. The lowest BCUT2D eigenvalue weighted by atomic mass is 10.0. The number of hydrogen-bond acceptors (Lipinski definition) is 5. The van der Waals surface area contributed by atoms with E-state index < -0.39 is 29.0 Å². The average molecular weight is 254 g/mol. The summed E-state index contributed by atoms with van der Waals surface area (Å²) in [4.78, 5) is 33.0. The summed E-state index contributed by atoms with van der Waals surface area (Å²) in [6, 6.07) is 3.09. The van der Waals surface area contributed by atoms with Gasteiger partial charge < -0.3 is 20.1 Å². The van der Waals surface area contributed by atoms with Crippen LogP contribution in [0.5, 0.6) is 0 Å². The minimum absolute atomic E-state index is 0.0918. The van der Waals surface area contributed by atoms with Crippen LogP contribution >= 0.6 is 0 Å². The molecule has 0 unspecified atom stereocenters. The highest BCUT2D eigenvalue weighted by Crippen LogP contribution is 2.13. The maximum Gasteiger partial charge on any atom is 0.338 e. The Morgan fingerprint density at radius 2 is 1.67 bits per heavy atom. The Hall–Kier alpha value is -2.41. The molecule has 0 bridgehead atoms. The number of aliphatic hydroxyl groups is 1. The normalized spacial score (nSPS) is 9.83. The van der Waals surface area contributed by atoms with Gasteiger partial charge in [-0.2, -0.15) is 0 Å². The molecule has 0 radical (unpaired) electrons. The van der Waals surface area contributed by atoms with E-state index in [1.165, 1.54) is 0 Å². The number of ether oxygens (including phenoxy) is 1. The zero-order valence-electron chi connectivity index (χ0n) is 9.12. The van der Waals surface area contributed by atoms with Crippen molar-refractivity contribution in [2.45, 2.75) is 0 Å². The Morgan fingerprint density at radius 3 is 2.17 bits per heavy atom. The molecular weight excluding hydrogens is 244 g/mol. The third-order valence-corrected chi connectivity index (χ3v) is 2.04. The first-order valence-electron chi connectivity index (χ1n) is 4.86. The first-order valence-corrected chi connectivity index (χ1v) is 4.86. The van der Waals surface area contributed by atoms with Gasteiger partial charge in [-0.05, 0) is 18.2 Å². The van der Waals surface area contributed by atoms with Crippen LogP contribution in [-0.4, -0.2) is 46.4 Å². The van der Waals surface area contributed by atoms with Crippen molar-refractivity contribution in [3.63, 3.8) is 0 Å². The minimum Gasteiger partial charge on any atom is -0.478 e. The largest absolute Gasteiger partial charge is 0.478 e. The van der Waals surface area contributed by atoms with Gasteiger partial charge in [0.1, 0.15) is 6.61 Å². The highest BCUT2D eigenvalue weighted by molar-refractivity contribution is 6.03. The molecule has 0 spiro atoms. The second-order valence-electron chi connectivity index (χ2n) is 3.23. The smallest absolute Gasteiger partial charge is 0.338 e. The number of benzene rings is 1. The van der Waals surface area contributed by atoms with Crippen LogP contribution in [0.25, 0.3) is 0 Å². The number of carboxylic acid groups (broad SMARTS) is 2. The molecule has 0 saturated carbocycles. The van der Waals surface area contributed by atoms with E-state index in [4.69, 9.17) is 15.3 Å². The van der Waals surface area contributed by atoms with Gasteiger partial charge in [0.05, 0.1) is 23.3 Å². The van der Waals surface area contributed by atoms with Gasteiger partial charge in [-0.25, -0.2) is 14.4 Å². The van der Waals surface area contributed by atoms with E-state index in [2.05, 4.69) is 4.74 Å². The van der Waals surface area contributed by atoms with Gasteiger partial charge in [0, 0.05) is 0 Å². The van der Waals surface area contributed by atoms with Gasteiger partial charge in [-0.3, -0.25) is 0 Å². The van der Waals surface area contributed by atoms with E-state index in [0.29, 0.717) is 0 Å².